The van der Waals surface area contributed by atoms with Gasteiger partial charge in [0.1, 0.15) is 29.8 Å². The molecular formula is C20H16F2N2O4S. The smallest absolute Gasteiger partial charge is 0.305 e. The summed E-state index contributed by atoms with van der Waals surface area (Å²) >= 11 is 1.01. The number of carbonyl (C=O) groups is 2. The van der Waals surface area contributed by atoms with Crippen LogP contribution in [0.1, 0.15) is 16.3 Å². The van der Waals surface area contributed by atoms with E-state index in [4.69, 9.17) is 9.15 Å². The van der Waals surface area contributed by atoms with Gasteiger partial charge in [-0.15, -0.1) is 11.8 Å². The van der Waals surface area contributed by atoms with Crippen molar-refractivity contribution in [3.05, 3.63) is 83.8 Å². The Morgan fingerprint density at radius 3 is 2.48 bits per heavy atom. The number of hydrazine groups is 1. The monoisotopic (exact) mass is 418 g/mol. The first-order valence-electron chi connectivity index (χ1n) is 8.45. The van der Waals surface area contributed by atoms with Crippen molar-refractivity contribution in [2.24, 2.45) is 0 Å². The van der Waals surface area contributed by atoms with Gasteiger partial charge in [-0.3, -0.25) is 20.4 Å². The summed E-state index contributed by atoms with van der Waals surface area (Å²) in [6, 6.07) is 14.5. The molecule has 1 aromatic heterocycles. The Labute approximate surface area is 169 Å². The lowest BCUT2D eigenvalue weighted by molar-refractivity contribution is -0.119. The van der Waals surface area contributed by atoms with E-state index in [9.17, 15) is 18.4 Å². The van der Waals surface area contributed by atoms with Gasteiger partial charge in [-0.25, -0.2) is 8.78 Å². The molecule has 3 aromatic rings. The van der Waals surface area contributed by atoms with Crippen molar-refractivity contribution in [3.8, 4) is 5.75 Å². The summed E-state index contributed by atoms with van der Waals surface area (Å²) in [5, 5.41) is 0. The fourth-order valence-corrected chi connectivity index (χ4v) is 2.93. The zero-order valence-corrected chi connectivity index (χ0v) is 15.8. The maximum atomic E-state index is 13.5. The molecule has 0 saturated heterocycles. The minimum Gasteiger partial charge on any atom is -0.486 e. The van der Waals surface area contributed by atoms with Crippen molar-refractivity contribution in [1.29, 1.82) is 0 Å². The molecule has 9 heteroatoms. The van der Waals surface area contributed by atoms with Crippen molar-refractivity contribution < 1.29 is 27.5 Å². The Balaban J connectivity index is 1.43. The van der Waals surface area contributed by atoms with Crippen LogP contribution < -0.4 is 15.6 Å². The largest absolute Gasteiger partial charge is 0.486 e. The maximum absolute atomic E-state index is 13.5. The van der Waals surface area contributed by atoms with Gasteiger partial charge in [0.2, 0.25) is 5.91 Å². The molecule has 2 amide bonds. The van der Waals surface area contributed by atoms with Crippen molar-refractivity contribution in [3.63, 3.8) is 0 Å². The lowest BCUT2D eigenvalue weighted by atomic mass is 10.3. The van der Waals surface area contributed by atoms with Crippen molar-refractivity contribution in [2.45, 2.75) is 11.5 Å². The van der Waals surface area contributed by atoms with Crippen LogP contribution in [0.5, 0.6) is 5.75 Å². The predicted molar refractivity (Wildman–Crippen MR) is 102 cm³/mol. The molecule has 0 aliphatic rings. The van der Waals surface area contributed by atoms with E-state index in [1.54, 1.807) is 24.3 Å². The number of halogens is 2. The van der Waals surface area contributed by atoms with Crippen molar-refractivity contribution >= 4 is 23.6 Å². The van der Waals surface area contributed by atoms with E-state index in [-0.39, 0.29) is 23.9 Å². The molecule has 0 saturated carbocycles. The summed E-state index contributed by atoms with van der Waals surface area (Å²) in [5.41, 5.74) is 4.46. The second-order valence-electron chi connectivity index (χ2n) is 5.73. The molecule has 6 nitrogen and oxygen atoms in total. The lowest BCUT2D eigenvalue weighted by Crippen LogP contribution is -2.42. The molecule has 0 radical (unpaired) electrons. The number of hydrogen-bond acceptors (Lipinski definition) is 5. The predicted octanol–water partition coefficient (Wildman–Crippen LogP) is 3.69. The molecule has 0 bridgehead atoms. The Kier molecular flexibility index (Phi) is 6.85. The van der Waals surface area contributed by atoms with Crippen molar-refractivity contribution in [1.82, 2.24) is 10.9 Å². The maximum Gasteiger partial charge on any atom is 0.305 e. The normalized spacial score (nSPS) is 10.4. The number of nitrogens with one attached hydrogen (secondary N) is 2. The summed E-state index contributed by atoms with van der Waals surface area (Å²) in [7, 11) is 0. The first kappa shape index (κ1) is 20.4. The average Bonchev–Trinajstić information content (AvgIpc) is 3.20. The van der Waals surface area contributed by atoms with Crippen LogP contribution >= 0.6 is 11.8 Å². The minimum atomic E-state index is -0.651. The molecule has 0 unspecified atom stereocenters. The number of ether oxygens (including phenoxy) is 1. The van der Waals surface area contributed by atoms with Crippen LogP contribution in [-0.2, 0) is 11.4 Å². The quantitative estimate of drug-likeness (QED) is 0.452. The first-order chi connectivity index (χ1) is 14.0. The summed E-state index contributed by atoms with van der Waals surface area (Å²) < 4.78 is 37.1. The number of furan rings is 1. The van der Waals surface area contributed by atoms with Gasteiger partial charge in [0.15, 0.2) is 5.76 Å². The summed E-state index contributed by atoms with van der Waals surface area (Å²) in [6.07, 6.45) is 0. The number of benzene rings is 2. The molecule has 0 atom stereocenters. The van der Waals surface area contributed by atoms with Crippen LogP contribution in [0, 0.1) is 11.6 Å². The Bertz CT molecular complexity index is 992. The molecule has 3 rings (SSSR count). The highest BCUT2D eigenvalue weighted by molar-refractivity contribution is 8.00. The second kappa shape index (κ2) is 9.74. The van der Waals surface area contributed by atoms with Gasteiger partial charge in [-0.05, 0) is 48.5 Å². The molecule has 1 heterocycles. The highest BCUT2D eigenvalue weighted by atomic mass is 32.2. The Morgan fingerprint density at radius 2 is 1.72 bits per heavy atom. The molecule has 0 aliphatic heterocycles. The van der Waals surface area contributed by atoms with Crippen LogP contribution in [0.2, 0.25) is 0 Å². The van der Waals surface area contributed by atoms with Crippen LogP contribution in [0.3, 0.4) is 0 Å². The first-order valence-corrected chi connectivity index (χ1v) is 9.43. The lowest BCUT2D eigenvalue weighted by Gasteiger charge is -2.06. The molecular weight excluding hydrogens is 402 g/mol. The molecule has 150 valence electrons. The van der Waals surface area contributed by atoms with E-state index < -0.39 is 17.6 Å². The third-order valence-corrected chi connectivity index (χ3v) is 4.64. The number of carbonyl (C=O) groups excluding carboxylic acids is 2. The van der Waals surface area contributed by atoms with Gasteiger partial charge < -0.3 is 9.15 Å². The zero-order chi connectivity index (χ0) is 20.6. The summed E-state index contributed by atoms with van der Waals surface area (Å²) in [4.78, 5) is 24.2. The number of amides is 2. The Morgan fingerprint density at radius 1 is 0.966 bits per heavy atom. The van der Waals surface area contributed by atoms with Gasteiger partial charge in [-0.1, -0.05) is 12.1 Å². The van der Waals surface area contributed by atoms with Crippen LogP contribution in [0.15, 0.2) is 70.0 Å². The zero-order valence-electron chi connectivity index (χ0n) is 15.0. The number of rotatable bonds is 7. The van der Waals surface area contributed by atoms with E-state index in [0.717, 1.165) is 11.8 Å². The van der Waals surface area contributed by atoms with Gasteiger partial charge in [-0.2, -0.15) is 0 Å². The van der Waals surface area contributed by atoms with Gasteiger partial charge in [0, 0.05) is 4.90 Å². The molecule has 2 aromatic carbocycles. The van der Waals surface area contributed by atoms with Gasteiger partial charge in [0.25, 0.3) is 0 Å². The van der Waals surface area contributed by atoms with E-state index in [0.29, 0.717) is 16.4 Å². The van der Waals surface area contributed by atoms with E-state index in [1.807, 2.05) is 0 Å². The topological polar surface area (TPSA) is 80.6 Å². The van der Waals surface area contributed by atoms with Crippen LogP contribution in [0.25, 0.3) is 0 Å². The second-order valence-corrected chi connectivity index (χ2v) is 6.75. The molecule has 0 spiro atoms. The van der Waals surface area contributed by atoms with Crippen molar-refractivity contribution in [2.75, 3.05) is 5.75 Å². The third kappa shape index (κ3) is 6.08. The van der Waals surface area contributed by atoms with Gasteiger partial charge >= 0.3 is 5.91 Å². The fraction of sp³-hybridized carbons (Fsp3) is 0.100. The number of hydrogen-bond donors (Lipinski definition) is 2. The van der Waals surface area contributed by atoms with Crippen LogP contribution in [-0.4, -0.2) is 17.6 Å². The molecule has 29 heavy (non-hydrogen) atoms. The summed E-state index contributed by atoms with van der Waals surface area (Å²) in [5.74, 6) is -1.21. The standard InChI is InChI=1S/C20H16F2N2O4S/c21-13-5-7-14(8-6-13)27-11-15-9-10-17(28-15)20(26)24-23-19(25)12-29-18-4-2-1-3-16(18)22/h1-10H,11-12H2,(H,23,25)(H,24,26). The summed E-state index contributed by atoms with van der Waals surface area (Å²) in [6.45, 7) is 0.0462. The molecule has 2 N–H and O–H groups in total. The highest BCUT2D eigenvalue weighted by Gasteiger charge is 2.13. The van der Waals surface area contributed by atoms with E-state index in [1.165, 1.54) is 36.4 Å². The molecule has 0 aliphatic carbocycles. The Hall–Kier alpha value is -3.33. The number of thioether (sulfide) groups is 1. The van der Waals surface area contributed by atoms with Gasteiger partial charge in [0.05, 0.1) is 5.75 Å². The molecule has 0 fully saturated rings. The fourth-order valence-electron chi connectivity index (χ4n) is 2.19. The average molecular weight is 418 g/mol. The third-order valence-electron chi connectivity index (χ3n) is 3.59. The highest BCUT2D eigenvalue weighted by Crippen LogP contribution is 2.20. The minimum absolute atomic E-state index is 0.0234. The SMILES string of the molecule is O=C(CSc1ccccc1F)NNC(=O)c1ccc(COc2ccc(F)cc2)o1. The van der Waals surface area contributed by atoms with Crippen LogP contribution in [0.4, 0.5) is 8.78 Å². The van der Waals surface area contributed by atoms with E-state index >= 15 is 0 Å². The van der Waals surface area contributed by atoms with E-state index in [2.05, 4.69) is 10.9 Å².